The van der Waals surface area contributed by atoms with Gasteiger partial charge in [-0.1, -0.05) is 0 Å². The minimum Gasteiger partial charge on any atom is -0.481 e. The summed E-state index contributed by atoms with van der Waals surface area (Å²) in [6.07, 6.45) is 0.907. The van der Waals surface area contributed by atoms with E-state index in [0.29, 0.717) is 5.75 Å². The molecule has 0 saturated heterocycles. The van der Waals surface area contributed by atoms with Crippen LogP contribution in [0.5, 0.6) is 0 Å². The molecule has 182 valence electrons. The number of rotatable bonds is 16. The SMILES string of the molecule is CSCCC(NC(=O)C(N)CCC(N)=O)C(=O)NC(CC(=O)O)C(=O)NC(CS)C(=O)O. The van der Waals surface area contributed by atoms with Crippen molar-refractivity contribution in [1.82, 2.24) is 16.0 Å². The number of aliphatic carboxylic acids is 2. The van der Waals surface area contributed by atoms with Crippen molar-refractivity contribution >= 4 is 60.0 Å². The van der Waals surface area contributed by atoms with Crippen LogP contribution in [0.15, 0.2) is 0 Å². The molecule has 4 atom stereocenters. The molecular weight excluding hydrogens is 466 g/mol. The molecule has 0 aromatic rings. The van der Waals surface area contributed by atoms with E-state index >= 15 is 0 Å². The number of carbonyl (C=O) groups is 6. The number of thiol groups is 1. The monoisotopic (exact) mass is 495 g/mol. The van der Waals surface area contributed by atoms with Gasteiger partial charge in [-0.2, -0.15) is 24.4 Å². The van der Waals surface area contributed by atoms with Gasteiger partial charge >= 0.3 is 11.9 Å². The highest BCUT2D eigenvalue weighted by atomic mass is 32.2. The van der Waals surface area contributed by atoms with Gasteiger partial charge < -0.3 is 37.6 Å². The molecule has 9 N–H and O–H groups in total. The lowest BCUT2D eigenvalue weighted by molar-refractivity contribution is -0.143. The third-order valence-electron chi connectivity index (χ3n) is 4.09. The van der Waals surface area contributed by atoms with Crippen LogP contribution < -0.4 is 27.4 Å². The lowest BCUT2D eigenvalue weighted by Crippen LogP contribution is -2.57. The fourth-order valence-electron chi connectivity index (χ4n) is 2.33. The zero-order chi connectivity index (χ0) is 24.8. The van der Waals surface area contributed by atoms with Gasteiger partial charge in [0.05, 0.1) is 12.5 Å². The summed E-state index contributed by atoms with van der Waals surface area (Å²) in [6, 6.07) is -5.26. The molecule has 0 aromatic heterocycles. The summed E-state index contributed by atoms with van der Waals surface area (Å²) in [5, 5.41) is 24.8. The Kier molecular flexibility index (Phi) is 14.1. The van der Waals surface area contributed by atoms with Crippen LogP contribution in [0.4, 0.5) is 0 Å². The van der Waals surface area contributed by atoms with E-state index in [1.54, 1.807) is 6.26 Å². The summed E-state index contributed by atoms with van der Waals surface area (Å²) in [6.45, 7) is 0. The lowest BCUT2D eigenvalue weighted by atomic mass is 10.1. The van der Waals surface area contributed by atoms with E-state index in [9.17, 15) is 28.8 Å². The number of hydrogen-bond donors (Lipinski definition) is 8. The van der Waals surface area contributed by atoms with Crippen molar-refractivity contribution in [3.8, 4) is 0 Å². The number of nitrogens with two attached hydrogens (primary N) is 2. The van der Waals surface area contributed by atoms with E-state index in [1.165, 1.54) is 11.8 Å². The van der Waals surface area contributed by atoms with Crippen LogP contribution in [-0.2, 0) is 28.8 Å². The third-order valence-corrected chi connectivity index (χ3v) is 5.10. The second kappa shape index (κ2) is 15.3. The predicted octanol–water partition coefficient (Wildman–Crippen LogP) is -2.72. The van der Waals surface area contributed by atoms with E-state index in [-0.39, 0.29) is 25.0 Å². The van der Waals surface area contributed by atoms with E-state index in [2.05, 4.69) is 28.6 Å². The van der Waals surface area contributed by atoms with E-state index in [0.717, 1.165) is 0 Å². The zero-order valence-electron chi connectivity index (χ0n) is 17.4. The topological polar surface area (TPSA) is 231 Å². The maximum atomic E-state index is 12.7. The molecule has 4 unspecified atom stereocenters. The number of hydrogen-bond acceptors (Lipinski definition) is 9. The summed E-state index contributed by atoms with van der Waals surface area (Å²) in [5.41, 5.74) is 10.7. The molecule has 0 aromatic carbocycles. The molecule has 4 amide bonds. The second-order valence-corrected chi connectivity index (χ2v) is 8.05. The molecule has 0 bridgehead atoms. The first-order chi connectivity index (χ1) is 14.9. The van der Waals surface area contributed by atoms with E-state index in [4.69, 9.17) is 21.7 Å². The average molecular weight is 496 g/mol. The molecule has 0 aliphatic rings. The summed E-state index contributed by atoms with van der Waals surface area (Å²) in [4.78, 5) is 70.4. The molecule has 13 nitrogen and oxygen atoms in total. The summed E-state index contributed by atoms with van der Waals surface area (Å²) < 4.78 is 0. The van der Waals surface area contributed by atoms with Crippen LogP contribution in [0.1, 0.15) is 25.7 Å². The maximum Gasteiger partial charge on any atom is 0.327 e. The number of carboxylic acid groups (broad SMARTS) is 2. The highest BCUT2D eigenvalue weighted by Crippen LogP contribution is 2.05. The van der Waals surface area contributed by atoms with E-state index < -0.39 is 66.2 Å². The standard InChI is InChI=1S/C17H29N5O8S2/c1-32-5-4-9(20-14(26)8(18)2-3-12(19)23)15(27)21-10(6-13(24)25)16(28)22-11(7-31)17(29)30/h8-11,31H,2-7,18H2,1H3,(H2,19,23)(H,20,26)(H,21,27)(H,22,28)(H,24,25)(H,29,30). The van der Waals surface area contributed by atoms with Gasteiger partial charge in [0.1, 0.15) is 18.1 Å². The van der Waals surface area contributed by atoms with Gasteiger partial charge in [-0.25, -0.2) is 4.79 Å². The molecule has 0 rings (SSSR count). The molecule has 15 heteroatoms. The minimum absolute atomic E-state index is 0.0393. The molecule has 0 spiro atoms. The smallest absolute Gasteiger partial charge is 0.327 e. The summed E-state index contributed by atoms with van der Waals surface area (Å²) in [7, 11) is 0. The first-order valence-electron chi connectivity index (χ1n) is 9.42. The molecule has 0 aliphatic heterocycles. The van der Waals surface area contributed by atoms with Crippen LogP contribution in [0.3, 0.4) is 0 Å². The molecular formula is C17H29N5O8S2. The van der Waals surface area contributed by atoms with Gasteiger partial charge in [0.2, 0.25) is 23.6 Å². The van der Waals surface area contributed by atoms with Gasteiger partial charge in [-0.15, -0.1) is 0 Å². The highest BCUT2D eigenvalue weighted by Gasteiger charge is 2.31. The Bertz CT molecular complexity index is 708. The average Bonchev–Trinajstić information content (AvgIpc) is 2.71. The molecule has 0 saturated carbocycles. The van der Waals surface area contributed by atoms with Crippen LogP contribution in [0.25, 0.3) is 0 Å². The van der Waals surface area contributed by atoms with Gasteiger partial charge in [-0.05, 0) is 24.9 Å². The Morgan fingerprint density at radius 1 is 0.906 bits per heavy atom. The lowest BCUT2D eigenvalue weighted by Gasteiger charge is -2.24. The Hall–Kier alpha value is -2.52. The fraction of sp³-hybridized carbons (Fsp3) is 0.647. The van der Waals surface area contributed by atoms with Crippen molar-refractivity contribution in [3.63, 3.8) is 0 Å². The van der Waals surface area contributed by atoms with Crippen molar-refractivity contribution in [3.05, 3.63) is 0 Å². The molecule has 0 aliphatic carbocycles. The minimum atomic E-state index is -1.60. The summed E-state index contributed by atoms with van der Waals surface area (Å²) >= 11 is 5.18. The van der Waals surface area contributed by atoms with Crippen molar-refractivity contribution in [2.45, 2.75) is 49.9 Å². The zero-order valence-corrected chi connectivity index (χ0v) is 19.1. The first kappa shape index (κ1) is 29.5. The Balaban J connectivity index is 5.36. The largest absolute Gasteiger partial charge is 0.481 e. The van der Waals surface area contributed by atoms with E-state index in [1.807, 2.05) is 0 Å². The van der Waals surface area contributed by atoms with Crippen LogP contribution >= 0.6 is 24.4 Å². The second-order valence-electron chi connectivity index (χ2n) is 6.70. The highest BCUT2D eigenvalue weighted by molar-refractivity contribution is 7.98. The number of primary amides is 1. The quantitative estimate of drug-likeness (QED) is 0.103. The maximum absolute atomic E-state index is 12.7. The number of amides is 4. The number of carboxylic acids is 2. The van der Waals surface area contributed by atoms with Crippen LogP contribution in [0, 0.1) is 0 Å². The van der Waals surface area contributed by atoms with Crippen molar-refractivity contribution < 1.29 is 39.0 Å². The predicted molar refractivity (Wildman–Crippen MR) is 119 cm³/mol. The van der Waals surface area contributed by atoms with Gasteiger partial charge in [0.15, 0.2) is 0 Å². The number of carbonyl (C=O) groups excluding carboxylic acids is 4. The molecule has 0 fully saturated rings. The number of nitrogens with one attached hydrogen (secondary N) is 3. The molecule has 0 radical (unpaired) electrons. The van der Waals surface area contributed by atoms with Crippen molar-refractivity contribution in [2.24, 2.45) is 11.5 Å². The van der Waals surface area contributed by atoms with Gasteiger partial charge in [0, 0.05) is 12.2 Å². The molecule has 0 heterocycles. The van der Waals surface area contributed by atoms with Gasteiger partial charge in [-0.3, -0.25) is 24.0 Å². The normalized spacial score (nSPS) is 14.3. The Morgan fingerprint density at radius 3 is 1.91 bits per heavy atom. The summed E-state index contributed by atoms with van der Waals surface area (Å²) in [5.74, 6) is -5.88. The van der Waals surface area contributed by atoms with Crippen molar-refractivity contribution in [2.75, 3.05) is 17.8 Å². The Morgan fingerprint density at radius 2 is 1.44 bits per heavy atom. The molecule has 32 heavy (non-hydrogen) atoms. The number of thioether (sulfide) groups is 1. The Labute approximate surface area is 194 Å². The fourth-order valence-corrected chi connectivity index (χ4v) is 3.05. The first-order valence-corrected chi connectivity index (χ1v) is 11.4. The van der Waals surface area contributed by atoms with Crippen LogP contribution in [-0.4, -0.2) is 87.7 Å². The van der Waals surface area contributed by atoms with Crippen LogP contribution in [0.2, 0.25) is 0 Å². The van der Waals surface area contributed by atoms with Gasteiger partial charge in [0.25, 0.3) is 0 Å². The van der Waals surface area contributed by atoms with Crippen molar-refractivity contribution in [1.29, 1.82) is 0 Å². The third kappa shape index (κ3) is 11.8.